The van der Waals surface area contributed by atoms with E-state index in [1.807, 2.05) is 21.1 Å². The zero-order valence-electron chi connectivity index (χ0n) is 72.3. The molecule has 0 saturated carbocycles. The maximum absolute atomic E-state index is 13.0. The van der Waals surface area contributed by atoms with Gasteiger partial charge in [-0.15, -0.1) is 0 Å². The van der Waals surface area contributed by atoms with Crippen LogP contribution in [-0.4, -0.2) is 87.4 Å². The minimum absolute atomic E-state index is 0.175. The summed E-state index contributed by atoms with van der Waals surface area (Å²) in [5, 5.41) is 9.80. The summed E-state index contributed by atoms with van der Waals surface area (Å²) < 4.78 is 23.1. The lowest BCUT2D eigenvalue weighted by Crippen LogP contribution is -2.40. The summed E-state index contributed by atoms with van der Waals surface area (Å²) in [5.74, 6) is -1.96. The molecule has 0 aromatic heterocycles. The predicted octanol–water partition coefficient (Wildman–Crippen LogP) is 31.3. The Morgan fingerprint density at radius 3 is 0.804 bits per heavy atom. The van der Waals surface area contributed by atoms with Crippen molar-refractivity contribution in [2.45, 2.75) is 501 Å². The normalized spacial score (nSPS) is 12.8. The maximum atomic E-state index is 13.0. The number of rotatable bonds is 90. The quantitative estimate of drug-likeness (QED) is 0.0211. The fourth-order valence-corrected chi connectivity index (χ4v) is 14.6. The molecule has 0 bridgehead atoms. The maximum Gasteiger partial charge on any atom is 0.361 e. The number of carbonyl (C=O) groups is 3. The van der Waals surface area contributed by atoms with E-state index in [0.717, 1.165) is 64.2 Å². The number of nitrogens with zero attached hydrogens (tertiary/aromatic N) is 1. The number of esters is 2. The Kier molecular flexibility index (Phi) is 86.1. The van der Waals surface area contributed by atoms with Crippen molar-refractivity contribution in [1.82, 2.24) is 0 Å². The van der Waals surface area contributed by atoms with E-state index in [1.54, 1.807) is 0 Å². The van der Waals surface area contributed by atoms with Gasteiger partial charge in [-0.05, 0) is 77.0 Å². The Morgan fingerprint density at radius 2 is 0.533 bits per heavy atom. The molecule has 9 nitrogen and oxygen atoms in total. The second-order valence-electron chi connectivity index (χ2n) is 33.6. The van der Waals surface area contributed by atoms with Gasteiger partial charge in [0.05, 0.1) is 34.4 Å². The zero-order valence-corrected chi connectivity index (χ0v) is 72.3. The molecular weight excluding hydrogens is 1320 g/mol. The van der Waals surface area contributed by atoms with Crippen LogP contribution in [-0.2, 0) is 33.3 Å². The minimum Gasteiger partial charge on any atom is -0.477 e. The van der Waals surface area contributed by atoms with Gasteiger partial charge in [0, 0.05) is 12.8 Å². The van der Waals surface area contributed by atoms with E-state index in [-0.39, 0.29) is 38.2 Å². The number of aliphatic carboxylic acids is 1. The molecule has 1 N–H and O–H groups in total. The van der Waals surface area contributed by atoms with Gasteiger partial charge in [-0.2, -0.15) is 0 Å². The Balaban J connectivity index is 3.86. The van der Waals surface area contributed by atoms with Gasteiger partial charge >= 0.3 is 17.9 Å². The molecule has 2 atom stereocenters. The SMILES string of the molecule is CC/C=C\C/C=C\C/C=C\C/C=C\CCCCCCCCCCCCCCCCCCCCCCCCCCCCCCC(=O)OC(COC(=O)CCCCCCCCCCCCCCCCCCCCCCCCCCCCCCC/C=C\CCCCCCCCCC)COC(OCC[N+](C)(C)C)C(=O)O. The molecule has 0 fully saturated rings. The second-order valence-corrected chi connectivity index (χ2v) is 33.6. The van der Waals surface area contributed by atoms with Crippen molar-refractivity contribution in [2.24, 2.45) is 0 Å². The third-order valence-corrected chi connectivity index (χ3v) is 21.8. The van der Waals surface area contributed by atoms with Crippen molar-refractivity contribution in [3.8, 4) is 0 Å². The van der Waals surface area contributed by atoms with Crippen LogP contribution < -0.4 is 0 Å². The molecule has 107 heavy (non-hydrogen) atoms. The largest absolute Gasteiger partial charge is 0.477 e. The summed E-state index contributed by atoms with van der Waals surface area (Å²) in [6.07, 6.45) is 117. The van der Waals surface area contributed by atoms with E-state index in [2.05, 4.69) is 74.6 Å². The first-order valence-electron chi connectivity index (χ1n) is 47.5. The molecule has 0 amide bonds. The Labute approximate surface area is 666 Å². The lowest BCUT2D eigenvalue weighted by molar-refractivity contribution is -0.870. The average Bonchev–Trinajstić information content (AvgIpc) is 0.965. The van der Waals surface area contributed by atoms with Gasteiger partial charge in [0.1, 0.15) is 13.2 Å². The van der Waals surface area contributed by atoms with Crippen molar-refractivity contribution < 1.29 is 42.9 Å². The van der Waals surface area contributed by atoms with Crippen LogP contribution >= 0.6 is 0 Å². The van der Waals surface area contributed by atoms with Gasteiger partial charge in [-0.1, -0.05) is 460 Å². The molecule has 0 aromatic carbocycles. The van der Waals surface area contributed by atoms with Gasteiger partial charge in [0.2, 0.25) is 0 Å². The Morgan fingerprint density at radius 1 is 0.290 bits per heavy atom. The summed E-state index contributed by atoms with van der Waals surface area (Å²) >= 11 is 0. The highest BCUT2D eigenvalue weighted by Crippen LogP contribution is 2.22. The molecule has 0 heterocycles. The highest BCUT2D eigenvalue weighted by atomic mass is 16.7. The topological polar surface area (TPSA) is 108 Å². The van der Waals surface area contributed by atoms with Crippen molar-refractivity contribution >= 4 is 17.9 Å². The van der Waals surface area contributed by atoms with Gasteiger partial charge in [-0.25, -0.2) is 4.79 Å². The smallest absolute Gasteiger partial charge is 0.361 e. The number of hydrogen-bond acceptors (Lipinski definition) is 7. The molecule has 628 valence electrons. The number of carbonyl (C=O) groups excluding carboxylic acids is 2. The third-order valence-electron chi connectivity index (χ3n) is 21.8. The summed E-state index contributed by atoms with van der Waals surface area (Å²) in [4.78, 5) is 37.9. The van der Waals surface area contributed by atoms with Crippen LogP contribution in [0.1, 0.15) is 489 Å². The Hall–Kier alpha value is -3.01. The molecule has 0 aliphatic carbocycles. The van der Waals surface area contributed by atoms with Gasteiger partial charge in [0.15, 0.2) is 6.10 Å². The molecule has 2 unspecified atom stereocenters. The summed E-state index contributed by atoms with van der Waals surface area (Å²) in [7, 11) is 6.01. The lowest BCUT2D eigenvalue weighted by Gasteiger charge is -2.25. The van der Waals surface area contributed by atoms with Crippen LogP contribution in [0.3, 0.4) is 0 Å². The van der Waals surface area contributed by atoms with E-state index in [9.17, 15) is 19.5 Å². The first-order chi connectivity index (χ1) is 52.6. The molecular formula is C98H184NO8+. The lowest BCUT2D eigenvalue weighted by atomic mass is 10.0. The first-order valence-corrected chi connectivity index (χ1v) is 47.5. The summed E-state index contributed by atoms with van der Waals surface area (Å²) in [5.41, 5.74) is 0. The first kappa shape index (κ1) is 104. The van der Waals surface area contributed by atoms with Crippen LogP contribution in [0.2, 0.25) is 0 Å². The predicted molar refractivity (Wildman–Crippen MR) is 466 cm³/mol. The Bertz CT molecular complexity index is 1950. The average molecular weight is 1500 g/mol. The number of unbranched alkanes of at least 4 members (excludes halogenated alkanes) is 65. The van der Waals surface area contributed by atoms with E-state index in [0.29, 0.717) is 17.4 Å². The molecule has 0 aliphatic heterocycles. The van der Waals surface area contributed by atoms with Gasteiger partial charge < -0.3 is 28.5 Å². The van der Waals surface area contributed by atoms with Crippen LogP contribution in [0.5, 0.6) is 0 Å². The van der Waals surface area contributed by atoms with E-state index in [1.165, 1.54) is 398 Å². The summed E-state index contributed by atoms with van der Waals surface area (Å²) in [6.45, 7) is 4.85. The molecule has 0 rings (SSSR count). The molecule has 0 spiro atoms. The van der Waals surface area contributed by atoms with Crippen LogP contribution in [0, 0.1) is 0 Å². The van der Waals surface area contributed by atoms with Crippen molar-refractivity contribution in [3.63, 3.8) is 0 Å². The van der Waals surface area contributed by atoms with Gasteiger partial charge in [0.25, 0.3) is 6.29 Å². The monoisotopic (exact) mass is 1500 g/mol. The molecule has 0 aromatic rings. The number of ether oxygens (including phenoxy) is 4. The highest BCUT2D eigenvalue weighted by Gasteiger charge is 2.25. The van der Waals surface area contributed by atoms with Crippen molar-refractivity contribution in [1.29, 1.82) is 0 Å². The number of carboxylic acids is 1. The zero-order chi connectivity index (χ0) is 77.4. The number of quaternary nitrogens is 1. The molecule has 0 radical (unpaired) electrons. The van der Waals surface area contributed by atoms with Crippen LogP contribution in [0.15, 0.2) is 60.8 Å². The highest BCUT2D eigenvalue weighted by molar-refractivity contribution is 5.71. The van der Waals surface area contributed by atoms with Gasteiger partial charge in [-0.3, -0.25) is 9.59 Å². The fraction of sp³-hybridized carbons (Fsp3) is 0.867. The second kappa shape index (κ2) is 88.6. The standard InChI is InChI=1S/C98H183NO8/c1-6-8-10-12-14-16-18-20-22-24-26-28-30-32-34-36-38-40-42-44-46-48-50-52-54-56-58-60-62-64-66-68-70-72-74-76-78-80-82-84-86-88-95(100)105-92-94(93-106-98(97(102)103)104-91-90-99(3,4)5)107-96(101)89-87-85-83-81-79-77-75-73-71-69-67-65-63-61-59-57-55-53-51-49-47-45-43-41-39-37-35-33-31-29-27-25-23-21-19-17-15-13-11-9-7-2/h9,11,15,17,21,23-24,26-27,29,94,98H,6-8,10,12-14,16,18-20,22,25,28,30-93H2,1-5H3/p+1/b11-9-,17-15-,23-21-,26-24-,29-27-. The van der Waals surface area contributed by atoms with Crippen LogP contribution in [0.4, 0.5) is 0 Å². The number of carboxylic acid groups (broad SMARTS) is 1. The molecule has 9 heteroatoms. The van der Waals surface area contributed by atoms with Crippen molar-refractivity contribution in [2.75, 3.05) is 47.5 Å². The fourth-order valence-electron chi connectivity index (χ4n) is 14.6. The molecule has 0 aliphatic rings. The third kappa shape index (κ3) is 90.1. The van der Waals surface area contributed by atoms with E-state index >= 15 is 0 Å². The molecule has 0 saturated heterocycles. The summed E-state index contributed by atoms with van der Waals surface area (Å²) in [6, 6.07) is 0. The van der Waals surface area contributed by atoms with Crippen molar-refractivity contribution in [3.05, 3.63) is 60.8 Å². The minimum atomic E-state index is -1.51. The van der Waals surface area contributed by atoms with E-state index < -0.39 is 18.4 Å². The number of likely N-dealkylation sites (N-methyl/N-ethyl adjacent to an activating group) is 1. The number of hydrogen-bond donors (Lipinski definition) is 1. The number of allylic oxidation sites excluding steroid dienone is 10. The van der Waals surface area contributed by atoms with Crippen LogP contribution in [0.25, 0.3) is 0 Å². The van der Waals surface area contributed by atoms with E-state index in [4.69, 9.17) is 18.9 Å².